The van der Waals surface area contributed by atoms with Crippen LogP contribution in [-0.4, -0.2) is 11.7 Å². The highest BCUT2D eigenvalue weighted by Crippen LogP contribution is 2.39. The number of aliphatic hydroxyl groups is 1. The molecule has 0 amide bonds. The van der Waals surface area contributed by atoms with Crippen molar-refractivity contribution >= 4 is 0 Å². The van der Waals surface area contributed by atoms with Crippen molar-refractivity contribution in [2.75, 3.05) is 6.61 Å². The van der Waals surface area contributed by atoms with Gasteiger partial charge in [-0.05, 0) is 53.9 Å². The predicted molar refractivity (Wildman–Crippen MR) is 67.9 cm³/mol. The number of nitriles is 1. The predicted octanol–water partition coefficient (Wildman–Crippen LogP) is 2.73. The number of aliphatic hydroxyl groups excluding tert-OH is 1. The van der Waals surface area contributed by atoms with Crippen LogP contribution >= 0.6 is 0 Å². The van der Waals surface area contributed by atoms with Gasteiger partial charge in [-0.1, -0.05) is 19.1 Å². The molecule has 0 saturated carbocycles. The van der Waals surface area contributed by atoms with Gasteiger partial charge in [0.2, 0.25) is 0 Å². The first-order valence-electron chi connectivity index (χ1n) is 6.43. The van der Waals surface area contributed by atoms with Crippen LogP contribution in [0.1, 0.15) is 47.9 Å². The van der Waals surface area contributed by atoms with Gasteiger partial charge in [0.25, 0.3) is 0 Å². The van der Waals surface area contributed by atoms with Gasteiger partial charge in [-0.15, -0.1) is 0 Å². The summed E-state index contributed by atoms with van der Waals surface area (Å²) in [6, 6.07) is 6.70. The maximum Gasteiger partial charge on any atom is 0.0628 e. The van der Waals surface area contributed by atoms with Gasteiger partial charge in [0.15, 0.2) is 0 Å². The monoisotopic (exact) mass is 229 g/mol. The molecule has 1 aliphatic carbocycles. The topological polar surface area (TPSA) is 44.0 Å². The quantitative estimate of drug-likeness (QED) is 0.862. The normalized spacial score (nSPS) is 17.8. The van der Waals surface area contributed by atoms with E-state index in [9.17, 15) is 5.11 Å². The molecule has 0 saturated heterocycles. The smallest absolute Gasteiger partial charge is 0.0628 e. The second-order valence-electron chi connectivity index (χ2n) is 4.70. The van der Waals surface area contributed by atoms with Crippen molar-refractivity contribution in [1.29, 1.82) is 5.26 Å². The summed E-state index contributed by atoms with van der Waals surface area (Å²) in [5, 5.41) is 18.1. The number of hydrogen-bond acceptors (Lipinski definition) is 2. The Balaban J connectivity index is 2.47. The zero-order chi connectivity index (χ0) is 12.3. The highest BCUT2D eigenvalue weighted by atomic mass is 16.2. The lowest BCUT2D eigenvalue weighted by Gasteiger charge is -2.16. The molecule has 17 heavy (non-hydrogen) atoms. The van der Waals surface area contributed by atoms with Crippen molar-refractivity contribution in [2.24, 2.45) is 0 Å². The number of fused-ring (bicyclic) bond motifs is 1. The average molecular weight is 229 g/mol. The van der Waals surface area contributed by atoms with Crippen molar-refractivity contribution in [3.8, 4) is 6.07 Å². The number of nitrogens with zero attached hydrogens (tertiary/aromatic N) is 1. The Morgan fingerprint density at radius 1 is 1.47 bits per heavy atom. The summed E-state index contributed by atoms with van der Waals surface area (Å²) in [5.41, 5.74) is 5.42. The third-order valence-electron chi connectivity index (χ3n) is 3.80. The summed E-state index contributed by atoms with van der Waals surface area (Å²) in [7, 11) is 0. The van der Waals surface area contributed by atoms with Crippen LogP contribution in [0.4, 0.5) is 0 Å². The average Bonchev–Trinajstić information content (AvgIpc) is 2.74. The van der Waals surface area contributed by atoms with Gasteiger partial charge in [-0.25, -0.2) is 0 Å². The van der Waals surface area contributed by atoms with Crippen LogP contribution in [0.5, 0.6) is 0 Å². The Hall–Kier alpha value is -1.33. The lowest BCUT2D eigenvalue weighted by atomic mass is 9.88. The van der Waals surface area contributed by atoms with Gasteiger partial charge < -0.3 is 5.11 Å². The summed E-state index contributed by atoms with van der Waals surface area (Å²) in [5.74, 6) is 0.392. The van der Waals surface area contributed by atoms with E-state index in [1.807, 2.05) is 0 Å². The number of aryl methyl sites for hydroxylation is 2. The van der Waals surface area contributed by atoms with Crippen LogP contribution in [0.25, 0.3) is 0 Å². The van der Waals surface area contributed by atoms with Gasteiger partial charge >= 0.3 is 0 Å². The fraction of sp³-hybridized carbons (Fsp3) is 0.533. The Bertz CT molecular complexity index is 445. The first kappa shape index (κ1) is 12.1. The van der Waals surface area contributed by atoms with E-state index >= 15 is 0 Å². The minimum absolute atomic E-state index is 0.197. The molecule has 2 nitrogen and oxygen atoms in total. The molecule has 1 N–H and O–H groups in total. The largest absolute Gasteiger partial charge is 0.396 e. The second kappa shape index (κ2) is 5.33. The van der Waals surface area contributed by atoms with E-state index < -0.39 is 0 Å². The van der Waals surface area contributed by atoms with Crippen LogP contribution in [0.3, 0.4) is 0 Å². The van der Waals surface area contributed by atoms with E-state index in [1.165, 1.54) is 22.3 Å². The molecule has 90 valence electrons. The molecular formula is C15H19NO. The summed E-state index contributed by atoms with van der Waals surface area (Å²) < 4.78 is 0. The number of rotatable bonds is 4. The van der Waals surface area contributed by atoms with Crippen molar-refractivity contribution in [3.05, 3.63) is 34.4 Å². The van der Waals surface area contributed by atoms with E-state index in [4.69, 9.17) is 5.26 Å². The molecule has 0 fully saturated rings. The van der Waals surface area contributed by atoms with Gasteiger partial charge in [0.05, 0.1) is 6.07 Å². The van der Waals surface area contributed by atoms with Crippen LogP contribution in [0.15, 0.2) is 12.1 Å². The number of benzene rings is 1. The molecule has 0 radical (unpaired) electrons. The molecule has 2 heteroatoms. The molecule has 1 aromatic carbocycles. The van der Waals surface area contributed by atoms with E-state index in [0.29, 0.717) is 12.3 Å². The second-order valence-corrected chi connectivity index (χ2v) is 4.70. The molecule has 0 heterocycles. The minimum atomic E-state index is 0.197. The van der Waals surface area contributed by atoms with Gasteiger partial charge in [-0.3, -0.25) is 0 Å². The molecule has 2 rings (SSSR count). The Kier molecular flexibility index (Phi) is 3.81. The molecule has 1 unspecified atom stereocenters. The van der Waals surface area contributed by atoms with Crippen molar-refractivity contribution in [3.63, 3.8) is 0 Å². The Morgan fingerprint density at radius 2 is 2.29 bits per heavy atom. The van der Waals surface area contributed by atoms with E-state index in [2.05, 4.69) is 25.1 Å². The zero-order valence-electron chi connectivity index (χ0n) is 10.4. The minimum Gasteiger partial charge on any atom is -0.396 e. The lowest BCUT2D eigenvalue weighted by molar-refractivity contribution is 0.299. The van der Waals surface area contributed by atoms with E-state index in [0.717, 1.165) is 25.7 Å². The molecule has 1 atom stereocenters. The summed E-state index contributed by atoms with van der Waals surface area (Å²) in [6.07, 6.45) is 4.52. The van der Waals surface area contributed by atoms with Crippen molar-refractivity contribution < 1.29 is 5.11 Å². The molecule has 1 aliphatic rings. The first-order valence-corrected chi connectivity index (χ1v) is 6.43. The standard InChI is InChI=1S/C15H19NO/c1-2-11-3-4-12-5-6-13(7-9-16)15(12)14(11)8-10-17/h3-4,13,17H,2,5-8,10H2,1H3. The number of hydrogen-bond donors (Lipinski definition) is 1. The fourth-order valence-electron chi connectivity index (χ4n) is 3.01. The molecule has 0 bridgehead atoms. The molecule has 1 aromatic rings. The third kappa shape index (κ3) is 2.21. The Labute approximate surface area is 103 Å². The van der Waals surface area contributed by atoms with E-state index in [-0.39, 0.29) is 6.61 Å². The summed E-state index contributed by atoms with van der Waals surface area (Å²) in [4.78, 5) is 0. The first-order chi connectivity index (χ1) is 8.31. The van der Waals surface area contributed by atoms with Gasteiger partial charge in [0, 0.05) is 13.0 Å². The van der Waals surface area contributed by atoms with Crippen molar-refractivity contribution in [2.45, 2.75) is 44.9 Å². The van der Waals surface area contributed by atoms with Crippen LogP contribution in [0, 0.1) is 11.3 Å². The molecule has 0 spiro atoms. The molecule has 0 aromatic heterocycles. The van der Waals surface area contributed by atoms with Gasteiger partial charge in [0.1, 0.15) is 0 Å². The maximum absolute atomic E-state index is 9.22. The SMILES string of the molecule is CCc1ccc2c(c1CCO)C(CC#N)CC2. The third-order valence-corrected chi connectivity index (χ3v) is 3.80. The van der Waals surface area contributed by atoms with Gasteiger partial charge in [-0.2, -0.15) is 5.26 Å². The summed E-state index contributed by atoms with van der Waals surface area (Å²) in [6.45, 7) is 2.35. The molecular weight excluding hydrogens is 210 g/mol. The maximum atomic E-state index is 9.22. The lowest BCUT2D eigenvalue weighted by Crippen LogP contribution is -2.05. The van der Waals surface area contributed by atoms with Crippen LogP contribution in [0.2, 0.25) is 0 Å². The van der Waals surface area contributed by atoms with E-state index in [1.54, 1.807) is 0 Å². The highest BCUT2D eigenvalue weighted by Gasteiger charge is 2.26. The zero-order valence-corrected chi connectivity index (χ0v) is 10.4. The van der Waals surface area contributed by atoms with Crippen molar-refractivity contribution in [1.82, 2.24) is 0 Å². The van der Waals surface area contributed by atoms with Crippen LogP contribution in [-0.2, 0) is 19.3 Å². The van der Waals surface area contributed by atoms with Crippen LogP contribution < -0.4 is 0 Å². The molecule has 0 aliphatic heterocycles. The fourth-order valence-corrected chi connectivity index (χ4v) is 3.01. The summed E-state index contributed by atoms with van der Waals surface area (Å²) >= 11 is 0. The Morgan fingerprint density at radius 3 is 2.94 bits per heavy atom. The highest BCUT2D eigenvalue weighted by molar-refractivity contribution is 5.46.